The fourth-order valence-electron chi connectivity index (χ4n) is 2.98. The van der Waals surface area contributed by atoms with E-state index in [4.69, 9.17) is 9.51 Å². The summed E-state index contributed by atoms with van der Waals surface area (Å²) in [4.78, 5) is 19.0. The minimum atomic E-state index is -0.0293. The zero-order chi connectivity index (χ0) is 19.7. The van der Waals surface area contributed by atoms with Crippen LogP contribution in [0.5, 0.6) is 0 Å². The van der Waals surface area contributed by atoms with Gasteiger partial charge in [-0.25, -0.2) is 4.98 Å². The lowest BCUT2D eigenvalue weighted by Crippen LogP contribution is -2.21. The van der Waals surface area contributed by atoms with Crippen molar-refractivity contribution < 1.29 is 4.52 Å². The number of hydrogen-bond acceptors (Lipinski definition) is 6. The highest BCUT2D eigenvalue weighted by atomic mass is 32.2. The maximum atomic E-state index is 13.1. The predicted molar refractivity (Wildman–Crippen MR) is 115 cm³/mol. The third-order valence-electron chi connectivity index (χ3n) is 4.50. The fraction of sp³-hybridized carbons (Fsp3) is 0.190. The fourth-order valence-corrected chi connectivity index (χ4v) is 5.19. The Bertz CT molecular complexity index is 1190. The first kappa shape index (κ1) is 18.7. The Hall–Kier alpha value is -2.64. The van der Waals surface area contributed by atoms with Crippen molar-refractivity contribution in [1.82, 2.24) is 14.7 Å². The van der Waals surface area contributed by atoms with Gasteiger partial charge in [0.2, 0.25) is 0 Å². The lowest BCUT2D eigenvalue weighted by atomic mass is 10.2. The number of allylic oxidation sites excluding steroid dienone is 1. The van der Waals surface area contributed by atoms with Crippen molar-refractivity contribution in [2.45, 2.75) is 31.3 Å². The summed E-state index contributed by atoms with van der Waals surface area (Å²) in [6, 6.07) is 12.0. The van der Waals surface area contributed by atoms with Crippen LogP contribution in [0, 0.1) is 13.8 Å². The number of hydrogen-bond donors (Lipinski definition) is 0. The first-order valence-corrected chi connectivity index (χ1v) is 10.6. The van der Waals surface area contributed by atoms with Crippen molar-refractivity contribution in [2.24, 2.45) is 0 Å². The molecule has 0 N–H and O–H groups in total. The van der Waals surface area contributed by atoms with Gasteiger partial charge in [-0.15, -0.1) is 17.9 Å². The molecule has 0 bridgehead atoms. The summed E-state index contributed by atoms with van der Waals surface area (Å²) in [5.74, 6) is 1.44. The summed E-state index contributed by atoms with van der Waals surface area (Å²) in [5.41, 5.74) is 3.70. The first-order valence-electron chi connectivity index (χ1n) is 8.83. The van der Waals surface area contributed by atoms with E-state index in [0.717, 1.165) is 33.0 Å². The molecule has 0 aliphatic rings. The van der Waals surface area contributed by atoms with Gasteiger partial charge in [0.15, 0.2) is 5.16 Å². The number of benzene rings is 1. The topological polar surface area (TPSA) is 60.9 Å². The molecule has 0 saturated heterocycles. The van der Waals surface area contributed by atoms with Crippen LogP contribution in [0.1, 0.15) is 17.0 Å². The number of nitrogens with zero attached hydrogens (tertiary/aromatic N) is 3. The van der Waals surface area contributed by atoms with Gasteiger partial charge in [-0.1, -0.05) is 53.3 Å². The van der Waals surface area contributed by atoms with Gasteiger partial charge >= 0.3 is 0 Å². The molecule has 0 amide bonds. The smallest absolute Gasteiger partial charge is 0.272 e. The van der Waals surface area contributed by atoms with Crippen molar-refractivity contribution in [3.63, 3.8) is 0 Å². The molecule has 0 spiro atoms. The highest BCUT2D eigenvalue weighted by Crippen LogP contribution is 2.32. The van der Waals surface area contributed by atoms with Crippen molar-refractivity contribution in [1.29, 1.82) is 0 Å². The van der Waals surface area contributed by atoms with Crippen molar-refractivity contribution >= 4 is 33.3 Å². The molecule has 28 heavy (non-hydrogen) atoms. The Labute approximate surface area is 170 Å². The second-order valence-corrected chi connectivity index (χ2v) is 8.38. The van der Waals surface area contributed by atoms with Crippen LogP contribution in [-0.4, -0.2) is 14.7 Å². The van der Waals surface area contributed by atoms with Gasteiger partial charge in [0.25, 0.3) is 5.56 Å². The molecule has 4 aromatic rings. The van der Waals surface area contributed by atoms with Gasteiger partial charge < -0.3 is 4.52 Å². The van der Waals surface area contributed by atoms with E-state index in [9.17, 15) is 4.79 Å². The lowest BCUT2D eigenvalue weighted by Gasteiger charge is -2.09. The summed E-state index contributed by atoms with van der Waals surface area (Å²) >= 11 is 3.00. The third-order valence-corrected chi connectivity index (χ3v) is 6.66. The van der Waals surface area contributed by atoms with Gasteiger partial charge in [-0.2, -0.15) is 0 Å². The van der Waals surface area contributed by atoms with E-state index in [1.54, 1.807) is 10.6 Å². The molecule has 0 atom stereocenters. The van der Waals surface area contributed by atoms with Crippen molar-refractivity contribution in [3.8, 4) is 10.4 Å². The summed E-state index contributed by atoms with van der Waals surface area (Å²) in [6.45, 7) is 8.03. The van der Waals surface area contributed by atoms with Crippen LogP contribution in [0.15, 0.2) is 63.5 Å². The molecule has 0 unspecified atom stereocenters. The molecule has 0 radical (unpaired) electrons. The van der Waals surface area contributed by atoms with Crippen LogP contribution in [-0.2, 0) is 12.3 Å². The molecule has 0 fully saturated rings. The third kappa shape index (κ3) is 3.43. The van der Waals surface area contributed by atoms with E-state index < -0.39 is 0 Å². The number of thioether (sulfide) groups is 1. The average Bonchev–Trinajstić information content (AvgIpc) is 3.27. The molecule has 4 rings (SSSR count). The monoisotopic (exact) mass is 409 g/mol. The Morgan fingerprint density at radius 2 is 2.07 bits per heavy atom. The highest BCUT2D eigenvalue weighted by Gasteiger charge is 2.16. The number of aromatic nitrogens is 3. The Balaban J connectivity index is 1.77. The SMILES string of the molecule is C=CCn1c(SCc2c(C)noc2C)nc2cc(-c3ccccc3)sc2c1=O. The zero-order valence-corrected chi connectivity index (χ0v) is 17.3. The lowest BCUT2D eigenvalue weighted by molar-refractivity contribution is 0.392. The average molecular weight is 410 g/mol. The largest absolute Gasteiger partial charge is 0.361 e. The van der Waals surface area contributed by atoms with E-state index >= 15 is 0 Å². The quantitative estimate of drug-likeness (QED) is 0.249. The number of thiophene rings is 1. The maximum absolute atomic E-state index is 13.1. The van der Waals surface area contributed by atoms with Crippen LogP contribution >= 0.6 is 23.1 Å². The summed E-state index contributed by atoms with van der Waals surface area (Å²) in [7, 11) is 0. The summed E-state index contributed by atoms with van der Waals surface area (Å²) in [5, 5.41) is 4.68. The minimum Gasteiger partial charge on any atom is -0.361 e. The van der Waals surface area contributed by atoms with Crippen molar-refractivity contribution in [3.05, 3.63) is 76.4 Å². The summed E-state index contributed by atoms with van der Waals surface area (Å²) in [6.07, 6.45) is 1.72. The van der Waals surface area contributed by atoms with Gasteiger partial charge in [-0.3, -0.25) is 9.36 Å². The first-order chi connectivity index (χ1) is 13.6. The Morgan fingerprint density at radius 1 is 1.29 bits per heavy atom. The highest BCUT2D eigenvalue weighted by molar-refractivity contribution is 7.98. The molecule has 0 aliphatic carbocycles. The van der Waals surface area contributed by atoms with E-state index in [1.165, 1.54) is 23.1 Å². The molecule has 5 nitrogen and oxygen atoms in total. The van der Waals surface area contributed by atoms with Crippen LogP contribution in [0.4, 0.5) is 0 Å². The summed E-state index contributed by atoms with van der Waals surface area (Å²) < 4.78 is 7.59. The van der Waals surface area contributed by atoms with E-state index in [2.05, 4.69) is 11.7 Å². The van der Waals surface area contributed by atoms with Gasteiger partial charge in [-0.05, 0) is 25.5 Å². The van der Waals surface area contributed by atoms with Gasteiger partial charge in [0.05, 0.1) is 11.2 Å². The molecule has 1 aromatic carbocycles. The molecule has 7 heteroatoms. The predicted octanol–water partition coefficient (Wildman–Crippen LogP) is 5.21. The number of aryl methyl sites for hydroxylation is 2. The van der Waals surface area contributed by atoms with Gasteiger partial charge in [0.1, 0.15) is 10.5 Å². The Kier molecular flexibility index (Phi) is 5.19. The second-order valence-electron chi connectivity index (χ2n) is 6.38. The zero-order valence-electron chi connectivity index (χ0n) is 15.6. The molecular formula is C21H19N3O2S2. The van der Waals surface area contributed by atoms with Crippen LogP contribution in [0.3, 0.4) is 0 Å². The number of rotatable bonds is 6. The number of fused-ring (bicyclic) bond motifs is 1. The molecule has 0 saturated carbocycles. The standard InChI is InChI=1S/C21H19N3O2S2/c1-4-10-24-20(25)19-17(11-18(28-19)15-8-6-5-7-9-15)22-21(24)27-12-16-13(2)23-26-14(16)3/h4-9,11H,1,10,12H2,2-3H3. The van der Waals surface area contributed by atoms with Crippen LogP contribution < -0.4 is 5.56 Å². The minimum absolute atomic E-state index is 0.0293. The molecule has 3 aromatic heterocycles. The van der Waals surface area contributed by atoms with Gasteiger partial charge in [0, 0.05) is 22.7 Å². The van der Waals surface area contributed by atoms with Crippen LogP contribution in [0.25, 0.3) is 20.7 Å². The maximum Gasteiger partial charge on any atom is 0.272 e. The Morgan fingerprint density at radius 3 is 2.75 bits per heavy atom. The van der Waals surface area contributed by atoms with Crippen molar-refractivity contribution in [2.75, 3.05) is 0 Å². The molecule has 3 heterocycles. The normalized spacial score (nSPS) is 11.2. The van der Waals surface area contributed by atoms with E-state index in [1.807, 2.05) is 50.2 Å². The molecule has 142 valence electrons. The van der Waals surface area contributed by atoms with E-state index in [-0.39, 0.29) is 5.56 Å². The van der Waals surface area contributed by atoms with E-state index in [0.29, 0.717) is 22.2 Å². The molecular weight excluding hydrogens is 390 g/mol. The second kappa shape index (κ2) is 7.77. The molecule has 0 aliphatic heterocycles. The van der Waals surface area contributed by atoms with Crippen LogP contribution in [0.2, 0.25) is 0 Å².